The molecule has 5 heteroatoms. The van der Waals surface area contributed by atoms with E-state index in [1.165, 1.54) is 24.3 Å². The van der Waals surface area contributed by atoms with E-state index in [9.17, 15) is 9.18 Å². The summed E-state index contributed by atoms with van der Waals surface area (Å²) in [6.45, 7) is 1.35. The SMILES string of the molecule is CN(CC1CCCO1)C(=O)Nc1ccc(F)cc1. The first-order valence-corrected chi connectivity index (χ1v) is 6.04. The number of likely N-dealkylation sites (N-methyl/N-ethyl adjacent to an activating group) is 1. The lowest BCUT2D eigenvalue weighted by Gasteiger charge is -2.21. The second-order valence-corrected chi connectivity index (χ2v) is 4.45. The predicted molar refractivity (Wildman–Crippen MR) is 67.0 cm³/mol. The van der Waals surface area contributed by atoms with Crippen LogP contribution in [0.4, 0.5) is 14.9 Å². The number of urea groups is 1. The summed E-state index contributed by atoms with van der Waals surface area (Å²) in [4.78, 5) is 13.4. The molecule has 1 aromatic rings. The largest absolute Gasteiger partial charge is 0.376 e. The van der Waals surface area contributed by atoms with Crippen LogP contribution in [0.3, 0.4) is 0 Å². The van der Waals surface area contributed by atoms with Crippen molar-refractivity contribution in [2.75, 3.05) is 25.5 Å². The molecule has 0 aromatic heterocycles. The first-order chi connectivity index (χ1) is 8.65. The fraction of sp³-hybridized carbons (Fsp3) is 0.462. The molecular formula is C13H17FN2O2. The van der Waals surface area contributed by atoms with Gasteiger partial charge in [0.1, 0.15) is 5.82 Å². The zero-order valence-corrected chi connectivity index (χ0v) is 10.4. The third-order valence-electron chi connectivity index (χ3n) is 2.94. The highest BCUT2D eigenvalue weighted by atomic mass is 19.1. The Kier molecular flexibility index (Phi) is 4.15. The highest BCUT2D eigenvalue weighted by molar-refractivity contribution is 5.89. The molecule has 98 valence electrons. The molecule has 0 saturated carbocycles. The van der Waals surface area contributed by atoms with Gasteiger partial charge in [0.25, 0.3) is 0 Å². The van der Waals surface area contributed by atoms with Crippen LogP contribution in [0.25, 0.3) is 0 Å². The van der Waals surface area contributed by atoms with E-state index in [0.717, 1.165) is 19.4 Å². The maximum atomic E-state index is 12.7. The minimum Gasteiger partial charge on any atom is -0.376 e. The van der Waals surface area contributed by atoms with Crippen LogP contribution in [-0.4, -0.2) is 37.2 Å². The van der Waals surface area contributed by atoms with Gasteiger partial charge in [-0.3, -0.25) is 0 Å². The van der Waals surface area contributed by atoms with E-state index in [-0.39, 0.29) is 18.0 Å². The standard InChI is InChI=1S/C13H17FN2O2/c1-16(9-12-3-2-8-18-12)13(17)15-11-6-4-10(14)5-7-11/h4-7,12H,2-3,8-9H2,1H3,(H,15,17). The van der Waals surface area contributed by atoms with Gasteiger partial charge in [-0.05, 0) is 37.1 Å². The molecule has 0 aliphatic carbocycles. The van der Waals surface area contributed by atoms with Crippen LogP contribution in [0, 0.1) is 5.82 Å². The number of carbonyl (C=O) groups is 1. The smallest absolute Gasteiger partial charge is 0.321 e. The van der Waals surface area contributed by atoms with Crippen molar-refractivity contribution in [2.45, 2.75) is 18.9 Å². The van der Waals surface area contributed by atoms with Crippen molar-refractivity contribution in [2.24, 2.45) is 0 Å². The lowest BCUT2D eigenvalue weighted by molar-refractivity contribution is 0.0894. The lowest BCUT2D eigenvalue weighted by Crippen LogP contribution is -2.37. The van der Waals surface area contributed by atoms with Gasteiger partial charge in [0.05, 0.1) is 6.10 Å². The van der Waals surface area contributed by atoms with Crippen molar-refractivity contribution in [3.8, 4) is 0 Å². The van der Waals surface area contributed by atoms with Gasteiger partial charge in [0, 0.05) is 25.9 Å². The Morgan fingerprint density at radius 2 is 2.22 bits per heavy atom. The molecule has 18 heavy (non-hydrogen) atoms. The van der Waals surface area contributed by atoms with Gasteiger partial charge < -0.3 is 15.0 Å². The maximum absolute atomic E-state index is 12.7. The number of halogens is 1. The summed E-state index contributed by atoms with van der Waals surface area (Å²) in [6.07, 6.45) is 2.18. The number of anilines is 1. The highest BCUT2D eigenvalue weighted by Gasteiger charge is 2.19. The van der Waals surface area contributed by atoms with E-state index >= 15 is 0 Å². The molecule has 0 bridgehead atoms. The number of hydrogen-bond acceptors (Lipinski definition) is 2. The molecule has 1 N–H and O–H groups in total. The van der Waals surface area contributed by atoms with Crippen molar-refractivity contribution in [1.82, 2.24) is 4.90 Å². The van der Waals surface area contributed by atoms with Gasteiger partial charge in [-0.25, -0.2) is 9.18 Å². The van der Waals surface area contributed by atoms with Gasteiger partial charge in [-0.1, -0.05) is 0 Å². The first kappa shape index (κ1) is 12.8. The van der Waals surface area contributed by atoms with E-state index in [1.54, 1.807) is 11.9 Å². The van der Waals surface area contributed by atoms with E-state index in [1.807, 2.05) is 0 Å². The minimum atomic E-state index is -0.319. The van der Waals surface area contributed by atoms with Gasteiger partial charge in [-0.2, -0.15) is 0 Å². The Bertz CT molecular complexity index is 402. The normalized spacial score (nSPS) is 18.7. The number of nitrogens with one attached hydrogen (secondary N) is 1. The summed E-state index contributed by atoms with van der Waals surface area (Å²) in [5.41, 5.74) is 0.584. The Balaban J connectivity index is 1.84. The van der Waals surface area contributed by atoms with Crippen LogP contribution in [0.5, 0.6) is 0 Å². The third kappa shape index (κ3) is 3.43. The van der Waals surface area contributed by atoms with Gasteiger partial charge in [0.15, 0.2) is 0 Å². The Labute approximate surface area is 106 Å². The van der Waals surface area contributed by atoms with Gasteiger partial charge in [0.2, 0.25) is 0 Å². The van der Waals surface area contributed by atoms with Crippen molar-refractivity contribution in [3.63, 3.8) is 0 Å². The molecule has 2 amide bonds. The number of benzene rings is 1. The molecule has 4 nitrogen and oxygen atoms in total. The number of rotatable bonds is 3. The average Bonchev–Trinajstić information content (AvgIpc) is 2.85. The van der Waals surface area contributed by atoms with Crippen LogP contribution < -0.4 is 5.32 Å². The average molecular weight is 252 g/mol. The van der Waals surface area contributed by atoms with Gasteiger partial charge in [-0.15, -0.1) is 0 Å². The molecule has 1 unspecified atom stereocenters. The first-order valence-electron chi connectivity index (χ1n) is 6.04. The number of ether oxygens (including phenoxy) is 1. The molecule has 0 radical (unpaired) electrons. The second kappa shape index (κ2) is 5.82. The maximum Gasteiger partial charge on any atom is 0.321 e. The molecule has 1 aliphatic rings. The summed E-state index contributed by atoms with van der Waals surface area (Å²) in [5.74, 6) is -0.319. The molecule has 1 heterocycles. The fourth-order valence-corrected chi connectivity index (χ4v) is 1.93. The topological polar surface area (TPSA) is 41.6 Å². The second-order valence-electron chi connectivity index (χ2n) is 4.45. The predicted octanol–water partition coefficient (Wildman–Crippen LogP) is 2.47. The summed E-state index contributed by atoms with van der Waals surface area (Å²) in [6, 6.07) is 5.49. The molecule has 0 spiro atoms. The molecule has 1 saturated heterocycles. The summed E-state index contributed by atoms with van der Waals surface area (Å²) < 4.78 is 18.2. The van der Waals surface area contributed by atoms with Crippen LogP contribution in [0.15, 0.2) is 24.3 Å². The van der Waals surface area contributed by atoms with Crippen molar-refractivity contribution < 1.29 is 13.9 Å². The quantitative estimate of drug-likeness (QED) is 0.897. The molecule has 1 fully saturated rings. The van der Waals surface area contributed by atoms with Crippen molar-refractivity contribution in [3.05, 3.63) is 30.1 Å². The van der Waals surface area contributed by atoms with Crippen LogP contribution >= 0.6 is 0 Å². The summed E-state index contributed by atoms with van der Waals surface area (Å²) in [5, 5.41) is 2.71. The summed E-state index contributed by atoms with van der Waals surface area (Å²) in [7, 11) is 1.72. The zero-order chi connectivity index (χ0) is 13.0. The number of amides is 2. The van der Waals surface area contributed by atoms with Crippen LogP contribution in [-0.2, 0) is 4.74 Å². The zero-order valence-electron chi connectivity index (χ0n) is 10.4. The molecule has 1 aliphatic heterocycles. The third-order valence-corrected chi connectivity index (χ3v) is 2.94. The van der Waals surface area contributed by atoms with E-state index in [0.29, 0.717) is 12.2 Å². The lowest BCUT2D eigenvalue weighted by atomic mass is 10.2. The van der Waals surface area contributed by atoms with E-state index in [2.05, 4.69) is 5.32 Å². The monoisotopic (exact) mass is 252 g/mol. The van der Waals surface area contributed by atoms with Gasteiger partial charge >= 0.3 is 6.03 Å². The molecule has 1 atom stereocenters. The Morgan fingerprint density at radius 3 is 2.83 bits per heavy atom. The van der Waals surface area contributed by atoms with E-state index in [4.69, 9.17) is 4.74 Å². The minimum absolute atomic E-state index is 0.133. The Morgan fingerprint density at radius 1 is 1.50 bits per heavy atom. The fourth-order valence-electron chi connectivity index (χ4n) is 1.93. The van der Waals surface area contributed by atoms with Crippen molar-refractivity contribution in [1.29, 1.82) is 0 Å². The number of nitrogens with zero attached hydrogens (tertiary/aromatic N) is 1. The van der Waals surface area contributed by atoms with Crippen molar-refractivity contribution >= 4 is 11.7 Å². The van der Waals surface area contributed by atoms with Crippen LogP contribution in [0.1, 0.15) is 12.8 Å². The molecule has 2 rings (SSSR count). The number of carbonyl (C=O) groups excluding carboxylic acids is 1. The number of hydrogen-bond donors (Lipinski definition) is 1. The molecule has 1 aromatic carbocycles. The molecular weight excluding hydrogens is 235 g/mol. The summed E-state index contributed by atoms with van der Waals surface area (Å²) >= 11 is 0. The van der Waals surface area contributed by atoms with Crippen LogP contribution in [0.2, 0.25) is 0 Å². The highest BCUT2D eigenvalue weighted by Crippen LogP contribution is 2.14. The van der Waals surface area contributed by atoms with E-state index < -0.39 is 0 Å². The Hall–Kier alpha value is -1.62.